The van der Waals surface area contributed by atoms with Crippen molar-refractivity contribution in [3.8, 4) is 0 Å². The van der Waals surface area contributed by atoms with Gasteiger partial charge in [-0.1, -0.05) is 42.1 Å². The molecule has 1 aromatic carbocycles. The van der Waals surface area contributed by atoms with Gasteiger partial charge >= 0.3 is 11.9 Å². The molecule has 172 valence electrons. The van der Waals surface area contributed by atoms with Crippen molar-refractivity contribution in [1.82, 2.24) is 30.8 Å². The fourth-order valence-electron chi connectivity index (χ4n) is 3.62. The maximum Gasteiger partial charge on any atom is 0.352 e. The summed E-state index contributed by atoms with van der Waals surface area (Å²) < 4.78 is 0. The van der Waals surface area contributed by atoms with Crippen molar-refractivity contribution in [2.75, 3.05) is 5.75 Å². The Morgan fingerprint density at radius 3 is 2.67 bits per heavy atom. The first kappa shape index (κ1) is 22.8. The summed E-state index contributed by atoms with van der Waals surface area (Å²) in [6.45, 7) is 0. The molecule has 2 aliphatic heterocycles. The van der Waals surface area contributed by atoms with Crippen LogP contribution in [0.1, 0.15) is 12.0 Å². The third-order valence-corrected chi connectivity index (χ3v) is 7.47. The molecule has 0 radical (unpaired) electrons. The van der Waals surface area contributed by atoms with Crippen molar-refractivity contribution in [1.29, 1.82) is 0 Å². The van der Waals surface area contributed by atoms with Crippen LogP contribution in [0.2, 0.25) is 0 Å². The van der Waals surface area contributed by atoms with Gasteiger partial charge in [0.1, 0.15) is 17.1 Å². The largest absolute Gasteiger partial charge is 0.481 e. The lowest BCUT2D eigenvalue weighted by Gasteiger charge is -2.50. The minimum Gasteiger partial charge on any atom is -0.481 e. The standard InChI is InChI=1S/C19H18N6O6S2/c26-12(6-9-4-2-1-3-5-9)20-14-16(29)25-15(18(30)31)10(8-32-17(14)25)11(7-13(27)28)33-19-21-23-24-22-19/h1-5,11,14,17H,6-8H2,(H,20,26)(H,27,28)(H,30,31)(H,21,22,23,24)/t11?,14?,17-/m0/s1. The van der Waals surface area contributed by atoms with E-state index in [2.05, 4.69) is 25.9 Å². The molecule has 14 heteroatoms. The molecule has 0 spiro atoms. The molecule has 1 fully saturated rings. The second-order valence-corrected chi connectivity index (χ2v) is 9.47. The Kier molecular flexibility index (Phi) is 6.65. The van der Waals surface area contributed by atoms with Crippen LogP contribution < -0.4 is 5.32 Å². The quantitative estimate of drug-likeness (QED) is 0.277. The van der Waals surface area contributed by atoms with Gasteiger partial charge in [-0.15, -0.1) is 22.0 Å². The van der Waals surface area contributed by atoms with Crippen LogP contribution in [-0.2, 0) is 25.6 Å². The average molecular weight is 491 g/mol. The first-order valence-corrected chi connectivity index (χ1v) is 11.6. The third kappa shape index (κ3) is 4.85. The predicted molar refractivity (Wildman–Crippen MR) is 116 cm³/mol. The number of amides is 2. The molecular weight excluding hydrogens is 472 g/mol. The smallest absolute Gasteiger partial charge is 0.352 e. The molecule has 3 atom stereocenters. The van der Waals surface area contributed by atoms with Gasteiger partial charge in [0.25, 0.3) is 5.91 Å². The molecular formula is C19H18N6O6S2. The van der Waals surface area contributed by atoms with E-state index in [1.807, 2.05) is 6.07 Å². The predicted octanol–water partition coefficient (Wildman–Crippen LogP) is 0.116. The Balaban J connectivity index is 1.53. The number of carboxylic acid groups (broad SMARTS) is 2. The number of rotatable bonds is 9. The van der Waals surface area contributed by atoms with Crippen LogP contribution in [0.5, 0.6) is 0 Å². The van der Waals surface area contributed by atoms with Crippen LogP contribution in [0.15, 0.2) is 46.8 Å². The summed E-state index contributed by atoms with van der Waals surface area (Å²) in [5.74, 6) is -3.21. The molecule has 33 heavy (non-hydrogen) atoms. The number of thioether (sulfide) groups is 2. The van der Waals surface area contributed by atoms with E-state index < -0.39 is 40.9 Å². The van der Waals surface area contributed by atoms with Gasteiger partial charge in [-0.2, -0.15) is 5.21 Å². The van der Waals surface area contributed by atoms with Crippen LogP contribution in [0, 0.1) is 0 Å². The van der Waals surface area contributed by atoms with Gasteiger partial charge in [0.05, 0.1) is 12.8 Å². The fourth-order valence-corrected chi connectivity index (χ4v) is 6.15. The molecule has 2 unspecified atom stereocenters. The molecule has 0 saturated carbocycles. The zero-order valence-electron chi connectivity index (χ0n) is 16.9. The highest BCUT2D eigenvalue weighted by atomic mass is 32.2. The number of hydrogen-bond donors (Lipinski definition) is 4. The molecule has 0 bridgehead atoms. The van der Waals surface area contributed by atoms with Crippen molar-refractivity contribution in [2.45, 2.75) is 34.7 Å². The van der Waals surface area contributed by atoms with Crippen LogP contribution >= 0.6 is 23.5 Å². The normalized spacial score (nSPS) is 20.6. The maximum absolute atomic E-state index is 12.8. The lowest BCUT2D eigenvalue weighted by atomic mass is 10.00. The van der Waals surface area contributed by atoms with Crippen molar-refractivity contribution < 1.29 is 29.4 Å². The monoisotopic (exact) mass is 490 g/mol. The number of hydrogen-bond acceptors (Lipinski definition) is 9. The van der Waals surface area contributed by atoms with Gasteiger partial charge in [-0.05, 0) is 16.3 Å². The summed E-state index contributed by atoms with van der Waals surface area (Å²) in [5, 5.41) is 33.9. The number of fused-ring (bicyclic) bond motifs is 1. The second-order valence-electron chi connectivity index (χ2n) is 7.20. The molecule has 12 nitrogen and oxygen atoms in total. The first-order valence-electron chi connectivity index (χ1n) is 9.71. The van der Waals surface area contributed by atoms with Crippen molar-refractivity contribution in [3.05, 3.63) is 47.2 Å². The topological polar surface area (TPSA) is 178 Å². The number of β-lactam (4-membered cyclic amide) rings is 1. The highest BCUT2D eigenvalue weighted by molar-refractivity contribution is 8.01. The number of aliphatic carboxylic acids is 2. The molecule has 3 heterocycles. The van der Waals surface area contributed by atoms with E-state index in [9.17, 15) is 29.4 Å². The summed E-state index contributed by atoms with van der Waals surface area (Å²) in [4.78, 5) is 49.9. The second kappa shape index (κ2) is 9.62. The van der Waals surface area contributed by atoms with Gasteiger partial charge in [0, 0.05) is 11.0 Å². The summed E-state index contributed by atoms with van der Waals surface area (Å²) in [7, 11) is 0. The van der Waals surface area contributed by atoms with E-state index >= 15 is 0 Å². The lowest BCUT2D eigenvalue weighted by molar-refractivity contribution is -0.150. The van der Waals surface area contributed by atoms with Gasteiger partial charge in [-0.25, -0.2) is 4.79 Å². The molecule has 4 rings (SSSR count). The molecule has 2 amide bonds. The maximum atomic E-state index is 12.8. The summed E-state index contributed by atoms with van der Waals surface area (Å²) in [6.07, 6.45) is -0.299. The number of carboxylic acids is 2. The Hall–Kier alpha value is -3.39. The minimum absolute atomic E-state index is 0.0942. The molecule has 0 aliphatic carbocycles. The number of tetrazole rings is 1. The van der Waals surface area contributed by atoms with E-state index in [1.54, 1.807) is 24.3 Å². The highest BCUT2D eigenvalue weighted by Gasteiger charge is 2.54. The van der Waals surface area contributed by atoms with E-state index in [0.29, 0.717) is 0 Å². The van der Waals surface area contributed by atoms with E-state index in [4.69, 9.17) is 0 Å². The molecule has 4 N–H and O–H groups in total. The zero-order valence-corrected chi connectivity index (χ0v) is 18.5. The number of nitrogens with one attached hydrogen (secondary N) is 2. The molecule has 2 aliphatic rings. The number of carbonyl (C=O) groups excluding carboxylic acids is 2. The first-order chi connectivity index (χ1) is 15.8. The summed E-state index contributed by atoms with van der Waals surface area (Å²) in [6, 6.07) is 8.18. The molecule has 1 saturated heterocycles. The summed E-state index contributed by atoms with van der Waals surface area (Å²) >= 11 is 2.22. The van der Waals surface area contributed by atoms with Crippen LogP contribution in [0.4, 0.5) is 0 Å². The third-order valence-electron chi connectivity index (χ3n) is 5.05. The Morgan fingerprint density at radius 1 is 1.27 bits per heavy atom. The van der Waals surface area contributed by atoms with Crippen LogP contribution in [-0.4, -0.2) is 81.9 Å². The highest BCUT2D eigenvalue weighted by Crippen LogP contribution is 2.44. The fraction of sp³-hybridized carbons (Fsp3) is 0.316. The number of carbonyl (C=O) groups is 4. The van der Waals surface area contributed by atoms with Crippen molar-refractivity contribution in [2.24, 2.45) is 0 Å². The average Bonchev–Trinajstić information content (AvgIpc) is 3.29. The Morgan fingerprint density at radius 2 is 2.03 bits per heavy atom. The number of aromatic nitrogens is 4. The van der Waals surface area contributed by atoms with Crippen LogP contribution in [0.3, 0.4) is 0 Å². The van der Waals surface area contributed by atoms with Gasteiger partial charge in [-0.3, -0.25) is 19.3 Å². The Bertz CT molecular complexity index is 1110. The molecule has 2 aromatic rings. The van der Waals surface area contributed by atoms with Gasteiger partial charge in [0.15, 0.2) is 0 Å². The van der Waals surface area contributed by atoms with E-state index in [0.717, 1.165) is 22.2 Å². The minimum atomic E-state index is -1.35. The van der Waals surface area contributed by atoms with Crippen molar-refractivity contribution >= 4 is 47.3 Å². The zero-order chi connectivity index (χ0) is 23.5. The SMILES string of the molecule is O=C(O)CC(Sc1nn[nH]n1)C1=C(C(=O)O)N2C(=O)C(NC(=O)Cc3ccccc3)[C@@H]2SC1. The molecule has 1 aromatic heterocycles. The number of H-pyrrole nitrogens is 1. The van der Waals surface area contributed by atoms with E-state index in [1.165, 1.54) is 11.8 Å². The van der Waals surface area contributed by atoms with Gasteiger partial charge in [0.2, 0.25) is 11.1 Å². The van der Waals surface area contributed by atoms with Gasteiger partial charge < -0.3 is 15.5 Å². The Labute approximate surface area is 195 Å². The lowest BCUT2D eigenvalue weighted by Crippen LogP contribution is -2.70. The number of nitrogens with zero attached hydrogens (tertiary/aromatic N) is 4. The van der Waals surface area contributed by atoms with Crippen molar-refractivity contribution in [3.63, 3.8) is 0 Å². The number of benzene rings is 1. The number of aromatic amines is 1. The van der Waals surface area contributed by atoms with E-state index in [-0.39, 0.29) is 34.5 Å². The summed E-state index contributed by atoms with van der Waals surface area (Å²) in [5.41, 5.74) is 0.807. The van der Waals surface area contributed by atoms with Crippen LogP contribution in [0.25, 0.3) is 0 Å².